The Hall–Kier alpha value is -1.94. The molecule has 0 bridgehead atoms. The fraction of sp³-hybridized carbons (Fsp3) is 0.500. The molecule has 33 heavy (non-hydrogen) atoms. The van der Waals surface area contributed by atoms with Crippen LogP contribution in [-0.4, -0.2) is 49.6 Å². The van der Waals surface area contributed by atoms with E-state index in [1.54, 1.807) is 24.2 Å². The Morgan fingerprint density at radius 1 is 1.24 bits per heavy atom. The molecule has 1 unspecified atom stereocenters. The SMILES string of the molecule is CC(C)(O)C(=O)CC(CC(=O)S)C1CCN(Cc2ccc3c(c2)Nc2nccnc2S3)CC1. The first kappa shape index (κ1) is 24.2. The zero-order chi connectivity index (χ0) is 23.6. The van der Waals surface area contributed by atoms with Crippen molar-refractivity contribution in [2.75, 3.05) is 18.4 Å². The molecule has 2 N–H and O–H groups in total. The summed E-state index contributed by atoms with van der Waals surface area (Å²) in [6.45, 7) is 5.68. The molecular weight excluding hydrogens is 456 g/mol. The molecule has 1 saturated heterocycles. The minimum absolute atomic E-state index is 0.0674. The molecule has 9 heteroatoms. The number of ketones is 1. The van der Waals surface area contributed by atoms with Crippen molar-refractivity contribution >= 4 is 46.8 Å². The smallest absolute Gasteiger partial charge is 0.186 e. The number of thiol groups is 1. The molecule has 1 fully saturated rings. The van der Waals surface area contributed by atoms with Crippen LogP contribution in [0.15, 0.2) is 40.5 Å². The Morgan fingerprint density at radius 3 is 2.67 bits per heavy atom. The standard InChI is InChI=1S/C24H30N4O3S2/c1-24(2,31)20(29)12-17(13-21(30)32)16-5-9-28(10-6-16)14-15-3-4-19-18(11-15)27-22-23(33-19)26-8-7-25-22/h3-4,7-8,11,16-17,31H,5-6,9-10,12-14H2,1-2H3,(H,25,27)(H,30,32). The van der Waals surface area contributed by atoms with E-state index in [1.165, 1.54) is 19.4 Å². The summed E-state index contributed by atoms with van der Waals surface area (Å²) in [4.78, 5) is 36.4. The number of fused-ring (bicyclic) bond motifs is 2. The quantitative estimate of drug-likeness (QED) is 0.410. The van der Waals surface area contributed by atoms with E-state index in [1.807, 2.05) is 0 Å². The summed E-state index contributed by atoms with van der Waals surface area (Å²) in [6, 6.07) is 6.46. The van der Waals surface area contributed by atoms with Gasteiger partial charge in [0, 0.05) is 36.7 Å². The van der Waals surface area contributed by atoms with Crippen molar-refractivity contribution in [1.29, 1.82) is 0 Å². The van der Waals surface area contributed by atoms with Gasteiger partial charge in [0.2, 0.25) is 0 Å². The second-order valence-corrected chi connectivity index (χ2v) is 11.0. The van der Waals surface area contributed by atoms with Crippen molar-refractivity contribution in [2.45, 2.75) is 61.6 Å². The molecule has 0 spiro atoms. The molecule has 0 radical (unpaired) electrons. The van der Waals surface area contributed by atoms with E-state index >= 15 is 0 Å². The van der Waals surface area contributed by atoms with E-state index in [4.69, 9.17) is 0 Å². The van der Waals surface area contributed by atoms with Gasteiger partial charge in [-0.1, -0.05) is 17.8 Å². The van der Waals surface area contributed by atoms with Gasteiger partial charge in [-0.05, 0) is 69.3 Å². The lowest BCUT2D eigenvalue weighted by molar-refractivity contribution is -0.135. The number of likely N-dealkylation sites (tertiary alicyclic amines) is 1. The molecule has 0 amide bonds. The van der Waals surface area contributed by atoms with E-state index in [0.29, 0.717) is 0 Å². The number of aromatic nitrogens is 2. The van der Waals surface area contributed by atoms with E-state index in [2.05, 4.69) is 51.0 Å². The van der Waals surface area contributed by atoms with Crippen molar-refractivity contribution in [3.63, 3.8) is 0 Å². The van der Waals surface area contributed by atoms with Crippen molar-refractivity contribution in [2.24, 2.45) is 11.8 Å². The zero-order valence-corrected chi connectivity index (χ0v) is 20.7. The van der Waals surface area contributed by atoms with Gasteiger partial charge in [-0.3, -0.25) is 14.5 Å². The molecule has 4 rings (SSSR count). The number of rotatable bonds is 8. The van der Waals surface area contributed by atoms with Crippen LogP contribution in [0.25, 0.3) is 0 Å². The first-order valence-electron chi connectivity index (χ1n) is 11.3. The largest absolute Gasteiger partial charge is 0.383 e. The van der Waals surface area contributed by atoms with Crippen LogP contribution in [0.4, 0.5) is 11.5 Å². The molecule has 1 aromatic carbocycles. The zero-order valence-electron chi connectivity index (χ0n) is 19.0. The third-order valence-corrected chi connectivity index (χ3v) is 7.69. The van der Waals surface area contributed by atoms with Crippen LogP contribution >= 0.6 is 24.4 Å². The molecule has 2 aromatic rings. The summed E-state index contributed by atoms with van der Waals surface area (Å²) in [5, 5.41) is 14.1. The number of piperidine rings is 1. The van der Waals surface area contributed by atoms with Crippen LogP contribution in [0.1, 0.15) is 45.1 Å². The van der Waals surface area contributed by atoms with Crippen molar-refractivity contribution < 1.29 is 14.7 Å². The van der Waals surface area contributed by atoms with Gasteiger partial charge >= 0.3 is 0 Å². The van der Waals surface area contributed by atoms with Crippen LogP contribution in [0.3, 0.4) is 0 Å². The van der Waals surface area contributed by atoms with Gasteiger partial charge < -0.3 is 10.4 Å². The van der Waals surface area contributed by atoms with Gasteiger partial charge in [0.05, 0.1) is 5.69 Å². The van der Waals surface area contributed by atoms with E-state index in [9.17, 15) is 14.7 Å². The van der Waals surface area contributed by atoms with E-state index in [0.717, 1.165) is 53.9 Å². The molecule has 7 nitrogen and oxygen atoms in total. The second kappa shape index (κ2) is 10.1. The minimum Gasteiger partial charge on any atom is -0.383 e. The lowest BCUT2D eigenvalue weighted by Crippen LogP contribution is -2.39. The van der Waals surface area contributed by atoms with Crippen molar-refractivity contribution in [3.05, 3.63) is 36.2 Å². The summed E-state index contributed by atoms with van der Waals surface area (Å²) in [5.74, 6) is 0.788. The van der Waals surface area contributed by atoms with E-state index in [-0.39, 0.29) is 35.6 Å². The summed E-state index contributed by atoms with van der Waals surface area (Å²) >= 11 is 5.58. The van der Waals surface area contributed by atoms with Gasteiger partial charge in [0.15, 0.2) is 16.7 Å². The first-order valence-corrected chi connectivity index (χ1v) is 12.5. The number of hydrogen-bond acceptors (Lipinski definition) is 8. The molecule has 1 atom stereocenters. The highest BCUT2D eigenvalue weighted by molar-refractivity contribution is 7.99. The summed E-state index contributed by atoms with van der Waals surface area (Å²) < 4.78 is 0. The van der Waals surface area contributed by atoms with Gasteiger partial charge in [-0.15, -0.1) is 12.6 Å². The highest BCUT2D eigenvalue weighted by Crippen LogP contribution is 2.42. The topological polar surface area (TPSA) is 95.4 Å². The highest BCUT2D eigenvalue weighted by Gasteiger charge is 2.33. The first-order chi connectivity index (χ1) is 15.7. The Bertz CT molecular complexity index is 1030. The van der Waals surface area contributed by atoms with Gasteiger partial charge in [0.25, 0.3) is 0 Å². The van der Waals surface area contributed by atoms with Crippen LogP contribution in [0, 0.1) is 11.8 Å². The molecule has 2 aliphatic heterocycles. The van der Waals surface area contributed by atoms with Crippen LogP contribution in [0.5, 0.6) is 0 Å². The number of benzene rings is 1. The number of carbonyl (C=O) groups is 2. The number of carbonyl (C=O) groups excluding carboxylic acids is 2. The number of Topliss-reactive ketones (excluding diaryl/α,β-unsaturated/α-hetero) is 1. The lowest BCUT2D eigenvalue weighted by Gasteiger charge is -2.36. The molecule has 3 heterocycles. The fourth-order valence-electron chi connectivity index (χ4n) is 4.54. The molecule has 0 aliphatic carbocycles. The van der Waals surface area contributed by atoms with Crippen LogP contribution < -0.4 is 5.32 Å². The van der Waals surface area contributed by atoms with Crippen molar-refractivity contribution in [1.82, 2.24) is 14.9 Å². The van der Waals surface area contributed by atoms with E-state index < -0.39 is 5.60 Å². The fourth-order valence-corrected chi connectivity index (χ4v) is 5.65. The summed E-state index contributed by atoms with van der Waals surface area (Å²) in [7, 11) is 0. The number of hydrogen-bond donors (Lipinski definition) is 3. The monoisotopic (exact) mass is 486 g/mol. The maximum Gasteiger partial charge on any atom is 0.186 e. The molecule has 1 aromatic heterocycles. The lowest BCUT2D eigenvalue weighted by atomic mass is 9.78. The maximum atomic E-state index is 12.4. The average Bonchev–Trinajstić information content (AvgIpc) is 2.77. The van der Waals surface area contributed by atoms with Crippen molar-refractivity contribution in [3.8, 4) is 0 Å². The number of aliphatic hydroxyl groups is 1. The molecule has 2 aliphatic rings. The van der Waals surface area contributed by atoms with Crippen LogP contribution in [0.2, 0.25) is 0 Å². The Labute approximate surface area is 204 Å². The summed E-state index contributed by atoms with van der Waals surface area (Å²) in [5.41, 5.74) is 0.911. The minimum atomic E-state index is -1.37. The normalized spacial score (nSPS) is 17.6. The summed E-state index contributed by atoms with van der Waals surface area (Å²) in [6.07, 6.45) is 5.73. The second-order valence-electron chi connectivity index (χ2n) is 9.43. The van der Waals surface area contributed by atoms with Gasteiger partial charge in [-0.2, -0.15) is 0 Å². The molecular formula is C24H30N4O3S2. The predicted molar refractivity (Wildman–Crippen MR) is 132 cm³/mol. The number of nitrogens with one attached hydrogen (secondary N) is 1. The Morgan fingerprint density at radius 2 is 1.97 bits per heavy atom. The predicted octanol–water partition coefficient (Wildman–Crippen LogP) is 4.09. The Balaban J connectivity index is 1.35. The highest BCUT2D eigenvalue weighted by atomic mass is 32.2. The van der Waals surface area contributed by atoms with Gasteiger partial charge in [-0.25, -0.2) is 9.97 Å². The van der Waals surface area contributed by atoms with Crippen LogP contribution in [-0.2, 0) is 16.1 Å². The Kier molecular flexibility index (Phi) is 7.43. The number of nitrogens with zero attached hydrogens (tertiary/aromatic N) is 3. The van der Waals surface area contributed by atoms with Gasteiger partial charge in [0.1, 0.15) is 10.6 Å². The maximum absolute atomic E-state index is 12.4. The third-order valence-electron chi connectivity index (χ3n) is 6.44. The average molecular weight is 487 g/mol. The number of anilines is 2. The molecule has 0 saturated carbocycles. The molecule has 176 valence electrons. The third kappa shape index (κ3) is 6.15.